The summed E-state index contributed by atoms with van der Waals surface area (Å²) in [6.07, 6.45) is 2.51. The number of hydrogen-bond acceptors (Lipinski definition) is 5. The molecule has 1 aliphatic heterocycles. The minimum Gasteiger partial charge on any atom is -0.394 e. The summed E-state index contributed by atoms with van der Waals surface area (Å²) < 4.78 is 5.90. The maximum Gasteiger partial charge on any atom is 0.0940 e. The summed E-state index contributed by atoms with van der Waals surface area (Å²) in [5, 5.41) is 9.49. The van der Waals surface area contributed by atoms with Crippen LogP contribution >= 0.6 is 0 Å². The van der Waals surface area contributed by atoms with Gasteiger partial charge >= 0.3 is 0 Å². The Hall–Kier alpha value is -1.01. The molecule has 0 aromatic carbocycles. The largest absolute Gasteiger partial charge is 0.394 e. The van der Waals surface area contributed by atoms with Crippen LogP contribution in [-0.2, 0) is 4.74 Å². The van der Waals surface area contributed by atoms with E-state index in [1.165, 1.54) is 0 Å². The highest BCUT2D eigenvalue weighted by molar-refractivity contribution is 5.12. The predicted molar refractivity (Wildman–Crippen MR) is 82.9 cm³/mol. The first-order valence-corrected chi connectivity index (χ1v) is 7.66. The fourth-order valence-corrected chi connectivity index (χ4v) is 3.10. The molecule has 3 atom stereocenters. The maximum atomic E-state index is 9.49. The Bertz CT molecular complexity index is 438. The summed E-state index contributed by atoms with van der Waals surface area (Å²) in [6.45, 7) is 7.67. The van der Waals surface area contributed by atoms with E-state index in [0.717, 1.165) is 18.7 Å². The molecule has 21 heavy (non-hydrogen) atoms. The first-order valence-electron chi connectivity index (χ1n) is 7.66. The minimum atomic E-state index is -0.299. The molecule has 2 heterocycles. The van der Waals surface area contributed by atoms with E-state index in [0.29, 0.717) is 6.54 Å². The fraction of sp³-hybridized carbons (Fsp3) is 0.688. The van der Waals surface area contributed by atoms with E-state index in [1.54, 1.807) is 6.20 Å². The third-order valence-electron chi connectivity index (χ3n) is 3.97. The zero-order chi connectivity index (χ0) is 15.5. The lowest BCUT2D eigenvalue weighted by Gasteiger charge is -2.46. The van der Waals surface area contributed by atoms with Crippen molar-refractivity contribution in [2.45, 2.75) is 51.0 Å². The summed E-state index contributed by atoms with van der Waals surface area (Å²) in [7, 11) is 0. The zero-order valence-corrected chi connectivity index (χ0v) is 13.2. The van der Waals surface area contributed by atoms with Gasteiger partial charge in [-0.15, -0.1) is 0 Å². The van der Waals surface area contributed by atoms with Gasteiger partial charge in [-0.05, 0) is 32.4 Å². The molecule has 1 saturated heterocycles. The molecule has 118 valence electrons. The summed E-state index contributed by atoms with van der Waals surface area (Å²) in [5.41, 5.74) is 7.06. The molecule has 5 nitrogen and oxygen atoms in total. The normalized spacial score (nSPS) is 25.5. The lowest BCUT2D eigenvalue weighted by Crippen LogP contribution is -2.57. The molecule has 1 fully saturated rings. The molecule has 1 aromatic heterocycles. The lowest BCUT2D eigenvalue weighted by molar-refractivity contribution is -0.159. The van der Waals surface area contributed by atoms with Gasteiger partial charge in [0.25, 0.3) is 0 Å². The van der Waals surface area contributed by atoms with E-state index in [2.05, 4.69) is 30.7 Å². The number of pyridine rings is 1. The number of aliphatic hydroxyl groups is 1. The van der Waals surface area contributed by atoms with Crippen molar-refractivity contribution in [3.8, 4) is 0 Å². The van der Waals surface area contributed by atoms with Crippen molar-refractivity contribution < 1.29 is 9.84 Å². The van der Waals surface area contributed by atoms with Crippen molar-refractivity contribution in [3.63, 3.8) is 0 Å². The van der Waals surface area contributed by atoms with Gasteiger partial charge in [-0.3, -0.25) is 9.88 Å². The minimum absolute atomic E-state index is 0.00754. The number of morpholine rings is 1. The highest BCUT2D eigenvalue weighted by Crippen LogP contribution is 2.30. The van der Waals surface area contributed by atoms with E-state index < -0.39 is 0 Å². The highest BCUT2D eigenvalue weighted by atomic mass is 16.5. The number of rotatable bonds is 5. The smallest absolute Gasteiger partial charge is 0.0940 e. The number of aromatic nitrogens is 1. The van der Waals surface area contributed by atoms with Crippen LogP contribution < -0.4 is 5.73 Å². The maximum absolute atomic E-state index is 9.49. The Morgan fingerprint density at radius 3 is 2.86 bits per heavy atom. The Balaban J connectivity index is 2.28. The van der Waals surface area contributed by atoms with Crippen LogP contribution in [0, 0.1) is 0 Å². The second-order valence-electron chi connectivity index (χ2n) is 6.38. The number of nitrogens with two attached hydrogens (primary N) is 1. The van der Waals surface area contributed by atoms with Crippen LogP contribution in [0.25, 0.3) is 0 Å². The summed E-state index contributed by atoms with van der Waals surface area (Å²) >= 11 is 0. The SMILES string of the molecule is CCC(N)C(c1ccccn1)N1CC(CO)OC(C)(C)C1. The Kier molecular flexibility index (Phi) is 5.32. The topological polar surface area (TPSA) is 71.6 Å². The van der Waals surface area contributed by atoms with Gasteiger partial charge in [0.2, 0.25) is 0 Å². The number of hydrogen-bond donors (Lipinski definition) is 2. The van der Waals surface area contributed by atoms with Gasteiger partial charge in [0, 0.05) is 25.3 Å². The van der Waals surface area contributed by atoms with Gasteiger partial charge in [-0.25, -0.2) is 0 Å². The predicted octanol–water partition coefficient (Wildman–Crippen LogP) is 1.33. The fourth-order valence-electron chi connectivity index (χ4n) is 3.10. The van der Waals surface area contributed by atoms with Gasteiger partial charge in [0.05, 0.1) is 30.0 Å². The van der Waals surface area contributed by atoms with Crippen molar-refractivity contribution >= 4 is 0 Å². The molecule has 0 saturated carbocycles. The first kappa shape index (κ1) is 16.4. The molecule has 0 spiro atoms. The molecule has 2 rings (SSSR count). The Labute approximate surface area is 127 Å². The van der Waals surface area contributed by atoms with Gasteiger partial charge in [0.1, 0.15) is 0 Å². The molecule has 0 bridgehead atoms. The van der Waals surface area contributed by atoms with Crippen LogP contribution in [0.4, 0.5) is 0 Å². The molecule has 3 N–H and O–H groups in total. The van der Waals surface area contributed by atoms with Gasteiger partial charge in [-0.2, -0.15) is 0 Å². The quantitative estimate of drug-likeness (QED) is 0.857. The van der Waals surface area contributed by atoms with Crippen LogP contribution in [0.15, 0.2) is 24.4 Å². The average molecular weight is 293 g/mol. The molecule has 0 aliphatic carbocycles. The first-order chi connectivity index (χ1) is 9.96. The van der Waals surface area contributed by atoms with E-state index in [4.69, 9.17) is 10.5 Å². The lowest BCUT2D eigenvalue weighted by atomic mass is 9.96. The molecular formula is C16H27N3O2. The van der Waals surface area contributed by atoms with Crippen LogP contribution in [0.1, 0.15) is 38.9 Å². The van der Waals surface area contributed by atoms with Gasteiger partial charge in [0.15, 0.2) is 0 Å². The number of aliphatic hydroxyl groups excluding tert-OH is 1. The Morgan fingerprint density at radius 2 is 2.29 bits per heavy atom. The van der Waals surface area contributed by atoms with Crippen LogP contribution in [0.5, 0.6) is 0 Å². The summed E-state index contributed by atoms with van der Waals surface area (Å²) in [4.78, 5) is 6.80. The van der Waals surface area contributed by atoms with Gasteiger partial charge in [-0.1, -0.05) is 13.0 Å². The third kappa shape index (κ3) is 4.01. The molecule has 5 heteroatoms. The van der Waals surface area contributed by atoms with E-state index in [9.17, 15) is 5.11 Å². The molecule has 0 amide bonds. The summed E-state index contributed by atoms with van der Waals surface area (Å²) in [6, 6.07) is 5.99. The molecule has 0 radical (unpaired) electrons. The highest BCUT2D eigenvalue weighted by Gasteiger charge is 2.38. The molecular weight excluding hydrogens is 266 g/mol. The van der Waals surface area contributed by atoms with Crippen LogP contribution in [-0.4, -0.2) is 52.4 Å². The second kappa shape index (κ2) is 6.83. The summed E-state index contributed by atoms with van der Waals surface area (Å²) in [5.74, 6) is 0. The van der Waals surface area contributed by atoms with E-state index >= 15 is 0 Å². The van der Waals surface area contributed by atoms with Crippen LogP contribution in [0.2, 0.25) is 0 Å². The molecule has 1 aliphatic rings. The second-order valence-corrected chi connectivity index (χ2v) is 6.38. The van der Waals surface area contributed by atoms with Crippen molar-refractivity contribution in [1.82, 2.24) is 9.88 Å². The van der Waals surface area contributed by atoms with Crippen molar-refractivity contribution in [2.75, 3.05) is 19.7 Å². The zero-order valence-electron chi connectivity index (χ0n) is 13.2. The van der Waals surface area contributed by atoms with Crippen LogP contribution in [0.3, 0.4) is 0 Å². The Morgan fingerprint density at radius 1 is 1.52 bits per heavy atom. The standard InChI is InChI=1S/C16H27N3O2/c1-4-13(17)15(14-7-5-6-8-18-14)19-9-12(10-20)21-16(2,3)11-19/h5-8,12-13,15,20H,4,9-11,17H2,1-3H3. The molecule has 1 aromatic rings. The molecule has 3 unspecified atom stereocenters. The third-order valence-corrected chi connectivity index (χ3v) is 3.97. The number of nitrogens with zero attached hydrogens (tertiary/aromatic N) is 2. The average Bonchev–Trinajstić information content (AvgIpc) is 2.46. The monoisotopic (exact) mass is 293 g/mol. The van der Waals surface area contributed by atoms with E-state index in [-0.39, 0.29) is 30.4 Å². The van der Waals surface area contributed by atoms with Crippen molar-refractivity contribution in [1.29, 1.82) is 0 Å². The van der Waals surface area contributed by atoms with Crippen molar-refractivity contribution in [3.05, 3.63) is 30.1 Å². The van der Waals surface area contributed by atoms with E-state index in [1.807, 2.05) is 18.2 Å². The van der Waals surface area contributed by atoms with Crippen molar-refractivity contribution in [2.24, 2.45) is 5.73 Å². The van der Waals surface area contributed by atoms with Gasteiger partial charge < -0.3 is 15.6 Å². The number of ether oxygens (including phenoxy) is 1.